The summed E-state index contributed by atoms with van der Waals surface area (Å²) in [7, 11) is -5.93. The fourth-order valence-electron chi connectivity index (χ4n) is 1.05. The largest absolute Gasteiger partial charge is 0.276 e. The predicted molar refractivity (Wildman–Crippen MR) is 62.6 cm³/mol. The van der Waals surface area contributed by atoms with Crippen LogP contribution in [0.15, 0.2) is 29.2 Å². The third-order valence-electron chi connectivity index (χ3n) is 1.99. The van der Waals surface area contributed by atoms with E-state index in [1.54, 1.807) is 0 Å². The second-order valence-electron chi connectivity index (χ2n) is 3.22. The van der Waals surface area contributed by atoms with Crippen LogP contribution in [0.1, 0.15) is 5.56 Å². The quantitative estimate of drug-likeness (QED) is 0.633. The maximum Gasteiger partial charge on any atom is 0.276 e. The molecule has 0 aliphatic heterocycles. The van der Waals surface area contributed by atoms with Gasteiger partial charge in [0.15, 0.2) is 0 Å². The maximum atomic E-state index is 11.1. The molecular weight excluding hydrogens is 266 g/mol. The van der Waals surface area contributed by atoms with Crippen molar-refractivity contribution in [3.8, 4) is 0 Å². The summed E-state index contributed by atoms with van der Waals surface area (Å²) in [4.78, 5) is -0.0160. The van der Waals surface area contributed by atoms with Crippen molar-refractivity contribution in [1.29, 1.82) is 0 Å². The predicted octanol–water partition coefficient (Wildman–Crippen LogP) is -1.11. The third-order valence-corrected chi connectivity index (χ3v) is 3.98. The van der Waals surface area contributed by atoms with Crippen molar-refractivity contribution < 1.29 is 16.8 Å². The Morgan fingerprint density at radius 2 is 1.65 bits per heavy atom. The van der Waals surface area contributed by atoms with Crippen molar-refractivity contribution in [2.24, 2.45) is 5.14 Å². The number of nitrogens with two attached hydrogens (primary N) is 1. The number of hydrogen-bond acceptors (Lipinski definition) is 4. The lowest BCUT2D eigenvalue weighted by Gasteiger charge is -2.05. The Morgan fingerprint density at radius 3 is 2.06 bits per heavy atom. The number of rotatable bonds is 5. The average molecular weight is 279 g/mol. The molecule has 0 amide bonds. The van der Waals surface area contributed by atoms with Gasteiger partial charge in [0, 0.05) is 13.6 Å². The second kappa shape index (κ2) is 5.10. The van der Waals surface area contributed by atoms with Crippen molar-refractivity contribution in [2.45, 2.75) is 11.4 Å². The highest BCUT2D eigenvalue weighted by Gasteiger charge is 2.08. The molecule has 0 bridgehead atoms. The zero-order chi connectivity index (χ0) is 13.1. The van der Waals surface area contributed by atoms with Gasteiger partial charge in [0.25, 0.3) is 10.2 Å². The summed E-state index contributed by atoms with van der Waals surface area (Å²) in [6.07, 6.45) is 0. The molecule has 1 aromatic rings. The summed E-state index contributed by atoms with van der Waals surface area (Å²) < 4.78 is 48.4. The average Bonchev–Trinajstić information content (AvgIpc) is 2.26. The Bertz CT molecular complexity index is 578. The maximum absolute atomic E-state index is 11.1. The second-order valence-corrected chi connectivity index (χ2v) is 6.48. The molecular formula is C8H13N3O4S2. The minimum atomic E-state index is -3.72. The number of benzene rings is 1. The first-order valence-corrected chi connectivity index (χ1v) is 7.57. The number of hydrogen-bond donors (Lipinski definition) is 3. The van der Waals surface area contributed by atoms with E-state index in [-0.39, 0.29) is 11.4 Å². The Labute approximate surface area is 100 Å². The van der Waals surface area contributed by atoms with Gasteiger partial charge in [-0.1, -0.05) is 12.1 Å². The minimum Gasteiger partial charge on any atom is -0.225 e. The van der Waals surface area contributed by atoms with Gasteiger partial charge in [0.1, 0.15) is 0 Å². The first kappa shape index (κ1) is 14.1. The molecule has 1 rings (SSSR count). The molecule has 7 nitrogen and oxygen atoms in total. The molecule has 17 heavy (non-hydrogen) atoms. The highest BCUT2D eigenvalue weighted by atomic mass is 32.2. The van der Waals surface area contributed by atoms with Crippen LogP contribution in [0.25, 0.3) is 0 Å². The lowest BCUT2D eigenvalue weighted by Crippen LogP contribution is -2.33. The van der Waals surface area contributed by atoms with Crippen LogP contribution in [-0.4, -0.2) is 23.9 Å². The molecule has 0 aromatic heterocycles. The fraction of sp³-hybridized carbons (Fsp3) is 0.250. The molecule has 0 saturated heterocycles. The third kappa shape index (κ3) is 4.40. The van der Waals surface area contributed by atoms with E-state index in [1.165, 1.54) is 31.3 Å². The molecule has 96 valence electrons. The summed E-state index contributed by atoms with van der Waals surface area (Å²) in [5.41, 5.74) is 0.622. The summed E-state index contributed by atoms with van der Waals surface area (Å²) in [5.74, 6) is 0. The smallest absolute Gasteiger partial charge is 0.225 e. The molecule has 0 spiro atoms. The summed E-state index contributed by atoms with van der Waals surface area (Å²) in [6.45, 7) is 0.0636. The van der Waals surface area contributed by atoms with E-state index in [1.807, 2.05) is 0 Å². The van der Waals surface area contributed by atoms with Crippen molar-refractivity contribution in [1.82, 2.24) is 9.44 Å². The number of nitrogens with one attached hydrogen (secondary N) is 2. The van der Waals surface area contributed by atoms with E-state index in [4.69, 9.17) is 5.14 Å². The Balaban J connectivity index is 2.77. The summed E-state index contributed by atoms with van der Waals surface area (Å²) >= 11 is 0. The van der Waals surface area contributed by atoms with E-state index in [2.05, 4.69) is 9.44 Å². The monoisotopic (exact) mass is 279 g/mol. The first-order valence-electron chi connectivity index (χ1n) is 4.54. The topological polar surface area (TPSA) is 118 Å². The summed E-state index contributed by atoms with van der Waals surface area (Å²) in [5, 5.41) is 4.92. The molecule has 0 unspecified atom stereocenters. The van der Waals surface area contributed by atoms with Crippen LogP contribution in [0.3, 0.4) is 0 Å². The van der Waals surface area contributed by atoms with Gasteiger partial charge in [-0.05, 0) is 17.7 Å². The number of sulfonamides is 1. The van der Waals surface area contributed by atoms with Gasteiger partial charge in [0.2, 0.25) is 10.0 Å². The standard InChI is InChI=1S/C8H13N3O4S2/c1-10-17(14,15)11-6-7-2-4-8(5-3-7)16(9,12)13/h2-5,10-11H,6H2,1H3,(H2,9,12,13). The zero-order valence-corrected chi connectivity index (χ0v) is 10.7. The van der Waals surface area contributed by atoms with Crippen molar-refractivity contribution >= 4 is 20.2 Å². The fourth-order valence-corrected chi connectivity index (χ4v) is 2.06. The Morgan fingerprint density at radius 1 is 1.12 bits per heavy atom. The van der Waals surface area contributed by atoms with E-state index in [0.29, 0.717) is 5.56 Å². The van der Waals surface area contributed by atoms with E-state index in [9.17, 15) is 16.8 Å². The van der Waals surface area contributed by atoms with Crippen molar-refractivity contribution in [3.05, 3.63) is 29.8 Å². The molecule has 9 heteroatoms. The Hall–Kier alpha value is -1.00. The molecule has 0 radical (unpaired) electrons. The van der Waals surface area contributed by atoms with Gasteiger partial charge in [-0.2, -0.15) is 13.1 Å². The van der Waals surface area contributed by atoms with Gasteiger partial charge in [0.05, 0.1) is 4.90 Å². The molecule has 0 fully saturated rings. The van der Waals surface area contributed by atoms with Crippen LogP contribution in [0.5, 0.6) is 0 Å². The highest BCUT2D eigenvalue weighted by molar-refractivity contribution is 7.89. The van der Waals surface area contributed by atoms with E-state index >= 15 is 0 Å². The van der Waals surface area contributed by atoms with Crippen LogP contribution in [0.4, 0.5) is 0 Å². The normalized spacial score (nSPS) is 12.6. The van der Waals surface area contributed by atoms with Crippen LogP contribution >= 0.6 is 0 Å². The first-order chi connectivity index (χ1) is 7.74. The minimum absolute atomic E-state index is 0.0160. The molecule has 0 heterocycles. The molecule has 0 atom stereocenters. The SMILES string of the molecule is CNS(=O)(=O)NCc1ccc(S(N)(=O)=O)cc1. The van der Waals surface area contributed by atoms with Crippen LogP contribution in [0, 0.1) is 0 Å². The molecule has 4 N–H and O–H groups in total. The van der Waals surface area contributed by atoms with Gasteiger partial charge >= 0.3 is 0 Å². The Kier molecular flexibility index (Phi) is 4.22. The lowest BCUT2D eigenvalue weighted by atomic mass is 10.2. The van der Waals surface area contributed by atoms with Gasteiger partial charge in [-0.25, -0.2) is 18.3 Å². The lowest BCUT2D eigenvalue weighted by molar-refractivity contribution is 0.572. The molecule has 0 saturated carbocycles. The highest BCUT2D eigenvalue weighted by Crippen LogP contribution is 2.08. The molecule has 0 aliphatic rings. The number of primary sulfonamides is 1. The zero-order valence-electron chi connectivity index (χ0n) is 9.04. The summed E-state index contributed by atoms with van der Waals surface area (Å²) in [6, 6.07) is 5.60. The van der Waals surface area contributed by atoms with Gasteiger partial charge < -0.3 is 0 Å². The van der Waals surface area contributed by atoms with E-state index in [0.717, 1.165) is 0 Å². The van der Waals surface area contributed by atoms with Gasteiger partial charge in [-0.15, -0.1) is 0 Å². The van der Waals surface area contributed by atoms with Gasteiger partial charge in [-0.3, -0.25) is 0 Å². The van der Waals surface area contributed by atoms with Crippen molar-refractivity contribution in [2.75, 3.05) is 7.05 Å². The van der Waals surface area contributed by atoms with Crippen LogP contribution in [0.2, 0.25) is 0 Å². The molecule has 0 aliphatic carbocycles. The van der Waals surface area contributed by atoms with Crippen molar-refractivity contribution in [3.63, 3.8) is 0 Å². The molecule has 1 aromatic carbocycles. The van der Waals surface area contributed by atoms with Crippen LogP contribution < -0.4 is 14.6 Å². The van der Waals surface area contributed by atoms with E-state index < -0.39 is 20.2 Å². The van der Waals surface area contributed by atoms with Crippen LogP contribution in [-0.2, 0) is 26.8 Å².